The van der Waals surface area contributed by atoms with Crippen LogP contribution in [0, 0.1) is 11.3 Å². The van der Waals surface area contributed by atoms with Crippen molar-refractivity contribution in [2.75, 3.05) is 6.61 Å². The summed E-state index contributed by atoms with van der Waals surface area (Å²) < 4.78 is 6.19. The predicted molar refractivity (Wildman–Crippen MR) is 166 cm³/mol. The Labute approximate surface area is 236 Å². The Bertz CT molecular complexity index is 1400. The zero-order chi connectivity index (χ0) is 26.8. The van der Waals surface area contributed by atoms with Gasteiger partial charge in [0.2, 0.25) is 0 Å². The van der Waals surface area contributed by atoms with Gasteiger partial charge in [0.05, 0.1) is 12.3 Å². The van der Waals surface area contributed by atoms with Crippen molar-refractivity contribution in [1.82, 2.24) is 0 Å². The molecule has 0 unspecified atom stereocenters. The number of hydrogen-bond acceptors (Lipinski definition) is 6. The third-order valence-electron chi connectivity index (χ3n) is 5.54. The summed E-state index contributed by atoms with van der Waals surface area (Å²) in [5.74, 6) is -0.404. The zero-order valence-corrected chi connectivity index (χ0v) is 23.8. The highest BCUT2D eigenvalue weighted by atomic mass is 35.5. The molecule has 0 radical (unpaired) electrons. The summed E-state index contributed by atoms with van der Waals surface area (Å²) in [6, 6.07) is 39.3. The van der Waals surface area contributed by atoms with Gasteiger partial charge in [0.25, 0.3) is 0 Å². The zero-order valence-electron chi connectivity index (χ0n) is 20.5. The third kappa shape index (κ3) is 6.26. The van der Waals surface area contributed by atoms with Crippen molar-refractivity contribution in [3.8, 4) is 6.07 Å². The topological polar surface area (TPSA) is 62.5 Å². The summed E-state index contributed by atoms with van der Waals surface area (Å²) in [5.41, 5.74) is 0.604. The minimum Gasteiger partial charge on any atom is -0.462 e. The Balaban J connectivity index is 2.00. The quantitative estimate of drug-likeness (QED) is 0.0748. The van der Waals surface area contributed by atoms with Gasteiger partial charge in [-0.05, 0) is 75.6 Å². The summed E-state index contributed by atoms with van der Waals surface area (Å²) >= 11 is 6.00. The molecule has 0 fully saturated rings. The van der Waals surface area contributed by atoms with E-state index in [9.17, 15) is 10.1 Å². The largest absolute Gasteiger partial charge is 0.462 e. The normalized spacial score (nSPS) is 11.4. The number of benzene rings is 4. The van der Waals surface area contributed by atoms with Crippen molar-refractivity contribution < 1.29 is 9.53 Å². The minimum absolute atomic E-state index is 0.214. The van der Waals surface area contributed by atoms with Gasteiger partial charge in [-0.25, -0.2) is 9.79 Å². The van der Waals surface area contributed by atoms with Gasteiger partial charge in [0.1, 0.15) is 10.7 Å². The molecule has 0 amide bonds. The SMILES string of the molecule is CCOC(=O)C(SSC(C#N)=Nc1ccc(Cl)cc1)=P(c1ccccc1)(c1ccccc1)c1ccccc1. The summed E-state index contributed by atoms with van der Waals surface area (Å²) in [4.78, 5) is 18.3. The fourth-order valence-corrected chi connectivity index (χ4v) is 12.0. The number of carbonyl (C=O) groups excluding carboxylic acids is 1. The highest BCUT2D eigenvalue weighted by Crippen LogP contribution is 2.51. The molecular formula is C30H24ClN2O2PS2. The van der Waals surface area contributed by atoms with Gasteiger partial charge in [-0.2, -0.15) is 5.26 Å². The van der Waals surface area contributed by atoms with E-state index in [2.05, 4.69) is 47.5 Å². The van der Waals surface area contributed by atoms with Crippen LogP contribution < -0.4 is 15.9 Å². The standard InChI is InChI=1S/C30H24ClN2O2PS2/c1-2-35-29(34)30(38-37-28(22-32)33-24-20-18-23(31)19-21-24)36(25-12-6-3-7-13-25,26-14-8-4-9-15-26)27-16-10-5-11-17-27/h3-21H,2H2,1H3. The van der Waals surface area contributed by atoms with Crippen LogP contribution in [-0.4, -0.2) is 22.2 Å². The molecule has 0 aliphatic heterocycles. The predicted octanol–water partition coefficient (Wildman–Crippen LogP) is 6.96. The van der Waals surface area contributed by atoms with Crippen LogP contribution in [0.4, 0.5) is 5.69 Å². The molecule has 4 aromatic carbocycles. The van der Waals surface area contributed by atoms with Gasteiger partial charge in [0.15, 0.2) is 5.04 Å². The lowest BCUT2D eigenvalue weighted by molar-refractivity contribution is -0.134. The van der Waals surface area contributed by atoms with E-state index in [0.29, 0.717) is 15.3 Å². The average Bonchev–Trinajstić information content (AvgIpc) is 2.97. The molecule has 0 saturated heterocycles. The lowest BCUT2D eigenvalue weighted by Gasteiger charge is -2.31. The molecule has 4 aromatic rings. The molecule has 0 aliphatic rings. The highest BCUT2D eigenvalue weighted by Gasteiger charge is 2.35. The molecule has 0 N–H and O–H groups in total. The second-order valence-corrected chi connectivity index (χ2v) is 14.1. The average molecular weight is 575 g/mol. The van der Waals surface area contributed by atoms with Crippen molar-refractivity contribution in [3.63, 3.8) is 0 Å². The lowest BCUT2D eigenvalue weighted by atomic mass is 10.3. The third-order valence-corrected chi connectivity index (χ3v) is 13.2. The first-order valence-electron chi connectivity index (χ1n) is 11.8. The number of aliphatic imine (C=N–C) groups is 1. The fourth-order valence-electron chi connectivity index (χ4n) is 3.95. The number of hydrogen-bond donors (Lipinski definition) is 0. The Morgan fingerprint density at radius 2 is 1.29 bits per heavy atom. The van der Waals surface area contributed by atoms with Crippen molar-refractivity contribution in [1.29, 1.82) is 5.26 Å². The Morgan fingerprint density at radius 3 is 1.71 bits per heavy atom. The molecule has 0 heterocycles. The van der Waals surface area contributed by atoms with Gasteiger partial charge >= 0.3 is 5.97 Å². The van der Waals surface area contributed by atoms with Gasteiger partial charge < -0.3 is 4.74 Å². The summed E-state index contributed by atoms with van der Waals surface area (Å²) in [6.07, 6.45) is 0. The van der Waals surface area contributed by atoms with Crippen LogP contribution in [0.1, 0.15) is 6.92 Å². The number of ether oxygens (including phenoxy) is 1. The van der Waals surface area contributed by atoms with E-state index < -0.39 is 12.9 Å². The number of nitrogens with zero attached hydrogens (tertiary/aromatic N) is 2. The molecule has 0 bridgehead atoms. The number of nitriles is 1. The van der Waals surface area contributed by atoms with Crippen LogP contribution in [0.25, 0.3) is 0 Å². The van der Waals surface area contributed by atoms with E-state index in [4.69, 9.17) is 16.3 Å². The van der Waals surface area contributed by atoms with Crippen LogP contribution in [0.15, 0.2) is 120 Å². The smallest absolute Gasteiger partial charge is 0.346 e. The molecular weight excluding hydrogens is 551 g/mol. The Hall–Kier alpha value is -3.20. The van der Waals surface area contributed by atoms with Crippen LogP contribution >= 0.6 is 40.1 Å². The molecule has 190 valence electrons. The molecule has 0 aliphatic carbocycles. The molecule has 38 heavy (non-hydrogen) atoms. The van der Waals surface area contributed by atoms with Crippen LogP contribution in [0.2, 0.25) is 5.02 Å². The van der Waals surface area contributed by atoms with Gasteiger partial charge in [-0.1, -0.05) is 103 Å². The first kappa shape index (κ1) is 27.8. The van der Waals surface area contributed by atoms with Crippen molar-refractivity contribution in [2.45, 2.75) is 6.92 Å². The molecule has 4 nitrogen and oxygen atoms in total. The molecule has 8 heteroatoms. The first-order chi connectivity index (χ1) is 18.6. The molecule has 4 rings (SSSR count). The molecule has 0 atom stereocenters. The Morgan fingerprint density at radius 1 is 0.816 bits per heavy atom. The van der Waals surface area contributed by atoms with Gasteiger partial charge in [0, 0.05) is 5.02 Å². The summed E-state index contributed by atoms with van der Waals surface area (Å²) in [6.45, 7) is -0.675. The molecule has 0 saturated carbocycles. The lowest BCUT2D eigenvalue weighted by Crippen LogP contribution is -2.32. The van der Waals surface area contributed by atoms with E-state index in [0.717, 1.165) is 26.7 Å². The van der Waals surface area contributed by atoms with Crippen LogP contribution in [0.5, 0.6) is 0 Å². The van der Waals surface area contributed by atoms with Crippen molar-refractivity contribution in [2.24, 2.45) is 4.99 Å². The van der Waals surface area contributed by atoms with E-state index in [1.54, 1.807) is 31.2 Å². The van der Waals surface area contributed by atoms with E-state index >= 15 is 0 Å². The summed E-state index contributed by atoms with van der Waals surface area (Å²) in [5, 5.41) is 13.7. The van der Waals surface area contributed by atoms with Crippen molar-refractivity contribution >= 4 is 77.3 Å². The molecule has 0 aromatic heterocycles. The maximum Gasteiger partial charge on any atom is 0.346 e. The summed E-state index contributed by atoms with van der Waals surface area (Å²) in [7, 11) is 2.40. The van der Waals surface area contributed by atoms with E-state index in [-0.39, 0.29) is 11.7 Å². The van der Waals surface area contributed by atoms with Crippen LogP contribution in [-0.2, 0) is 9.53 Å². The first-order valence-corrected chi connectivity index (χ1v) is 16.1. The number of esters is 1. The molecule has 0 spiro atoms. The van der Waals surface area contributed by atoms with Crippen molar-refractivity contribution in [3.05, 3.63) is 120 Å². The van der Waals surface area contributed by atoms with Gasteiger partial charge in [-0.3, -0.25) is 0 Å². The van der Waals surface area contributed by atoms with E-state index in [1.807, 2.05) is 54.6 Å². The van der Waals surface area contributed by atoms with Crippen LogP contribution in [0.3, 0.4) is 0 Å². The second kappa shape index (κ2) is 13.6. The Kier molecular flexibility index (Phi) is 9.92. The number of rotatable bonds is 8. The highest BCUT2D eigenvalue weighted by molar-refractivity contribution is 8.89. The maximum absolute atomic E-state index is 13.8. The number of carbonyl (C=O) groups is 1. The van der Waals surface area contributed by atoms with Gasteiger partial charge in [-0.15, -0.1) is 0 Å². The maximum atomic E-state index is 13.8. The van der Waals surface area contributed by atoms with E-state index in [1.165, 1.54) is 10.8 Å². The second-order valence-electron chi connectivity index (χ2n) is 7.87. The minimum atomic E-state index is -2.70. The number of halogens is 1. The monoisotopic (exact) mass is 574 g/mol. The fraction of sp³-hybridized carbons (Fsp3) is 0.0667.